The van der Waals surface area contributed by atoms with E-state index in [1.54, 1.807) is 11.8 Å². The van der Waals surface area contributed by atoms with Crippen LogP contribution in [-0.4, -0.2) is 10.9 Å². The van der Waals surface area contributed by atoms with Gasteiger partial charge in [0, 0.05) is 5.75 Å². The summed E-state index contributed by atoms with van der Waals surface area (Å²) in [5, 5.41) is 0.687. The molecule has 6 heteroatoms. The first-order chi connectivity index (χ1) is 9.58. The summed E-state index contributed by atoms with van der Waals surface area (Å²) in [6.45, 7) is 3.84. The molecule has 1 aromatic heterocycles. The Bertz CT molecular complexity index is 573. The summed E-state index contributed by atoms with van der Waals surface area (Å²) in [4.78, 5) is 15.5. The van der Waals surface area contributed by atoms with Crippen LogP contribution in [0.3, 0.4) is 0 Å². The quantitative estimate of drug-likeness (QED) is 0.382. The van der Waals surface area contributed by atoms with E-state index < -0.39 is 0 Å². The van der Waals surface area contributed by atoms with Crippen LogP contribution in [-0.2, 0) is 17.0 Å². The average Bonchev–Trinajstić information content (AvgIpc) is 2.77. The van der Waals surface area contributed by atoms with Gasteiger partial charge in [-0.05, 0) is 25.0 Å². The largest absolute Gasteiger partial charge is 0.437 e. The van der Waals surface area contributed by atoms with Crippen LogP contribution in [0.5, 0.6) is 0 Å². The number of carbonyl (C=O) groups excluding carboxylic acids is 1. The summed E-state index contributed by atoms with van der Waals surface area (Å²) in [5.41, 5.74) is 5.13. The van der Waals surface area contributed by atoms with Gasteiger partial charge in [-0.2, -0.15) is 0 Å². The van der Waals surface area contributed by atoms with Gasteiger partial charge >= 0.3 is 0 Å². The molecule has 0 saturated carbocycles. The highest BCUT2D eigenvalue weighted by Gasteiger charge is 2.07. The van der Waals surface area contributed by atoms with Crippen LogP contribution in [0.4, 0.5) is 0 Å². The van der Waals surface area contributed by atoms with Crippen LogP contribution in [0.15, 0.2) is 33.9 Å². The number of amides is 1. The van der Waals surface area contributed by atoms with Crippen molar-refractivity contribution >= 4 is 17.7 Å². The van der Waals surface area contributed by atoms with Gasteiger partial charge in [-0.3, -0.25) is 10.2 Å². The fraction of sp³-hybridized carbons (Fsp3) is 0.286. The lowest BCUT2D eigenvalue weighted by atomic mass is 10.1. The van der Waals surface area contributed by atoms with Crippen molar-refractivity contribution in [1.82, 2.24) is 10.4 Å². The van der Waals surface area contributed by atoms with Gasteiger partial charge in [0.1, 0.15) is 5.76 Å². The smallest absolute Gasteiger partial charge is 0.256 e. The monoisotopic (exact) mass is 291 g/mol. The maximum Gasteiger partial charge on any atom is 0.256 e. The molecule has 20 heavy (non-hydrogen) atoms. The van der Waals surface area contributed by atoms with Crippen molar-refractivity contribution < 1.29 is 9.21 Å². The van der Waals surface area contributed by atoms with E-state index >= 15 is 0 Å². The molecule has 3 N–H and O–H groups in total. The lowest BCUT2D eigenvalue weighted by Gasteiger charge is -2.02. The molecule has 0 spiro atoms. The summed E-state index contributed by atoms with van der Waals surface area (Å²) < 4.78 is 5.51. The number of nitrogens with zero attached hydrogens (tertiary/aromatic N) is 1. The molecule has 0 fully saturated rings. The van der Waals surface area contributed by atoms with E-state index in [1.807, 2.05) is 38.1 Å². The first kappa shape index (κ1) is 14.6. The minimum Gasteiger partial charge on any atom is -0.437 e. The zero-order valence-corrected chi connectivity index (χ0v) is 12.3. The highest BCUT2D eigenvalue weighted by molar-refractivity contribution is 7.98. The summed E-state index contributed by atoms with van der Waals surface area (Å²) >= 11 is 1.56. The number of carbonyl (C=O) groups is 1. The van der Waals surface area contributed by atoms with E-state index in [4.69, 9.17) is 10.3 Å². The first-order valence-corrected chi connectivity index (χ1v) is 7.21. The number of aryl methyl sites for hydroxylation is 2. The predicted molar refractivity (Wildman–Crippen MR) is 78.0 cm³/mol. The van der Waals surface area contributed by atoms with Crippen LogP contribution in [0, 0.1) is 13.8 Å². The molecule has 1 amide bonds. The van der Waals surface area contributed by atoms with Gasteiger partial charge in [0.05, 0.1) is 12.1 Å². The van der Waals surface area contributed by atoms with E-state index in [2.05, 4.69) is 10.4 Å². The molecule has 0 bridgehead atoms. The Balaban J connectivity index is 1.92. The molecule has 0 aliphatic carbocycles. The van der Waals surface area contributed by atoms with Crippen LogP contribution < -0.4 is 11.3 Å². The van der Waals surface area contributed by atoms with Crippen LogP contribution >= 0.6 is 11.8 Å². The Morgan fingerprint density at radius 1 is 1.30 bits per heavy atom. The predicted octanol–water partition coefficient (Wildman–Crippen LogP) is 2.12. The zero-order chi connectivity index (χ0) is 14.5. The Kier molecular flexibility index (Phi) is 4.81. The van der Waals surface area contributed by atoms with Crippen molar-refractivity contribution in [3.63, 3.8) is 0 Å². The van der Waals surface area contributed by atoms with E-state index in [0.29, 0.717) is 11.6 Å². The molecule has 2 aromatic rings. The molecule has 0 aliphatic heterocycles. The van der Waals surface area contributed by atoms with Crippen molar-refractivity contribution in [2.45, 2.75) is 31.2 Å². The first-order valence-electron chi connectivity index (χ1n) is 6.22. The van der Waals surface area contributed by atoms with Gasteiger partial charge in [-0.25, -0.2) is 10.8 Å². The fourth-order valence-corrected chi connectivity index (χ4v) is 2.51. The number of nitrogens with two attached hydrogens (primary N) is 1. The van der Waals surface area contributed by atoms with E-state index in [1.165, 1.54) is 0 Å². The van der Waals surface area contributed by atoms with Crippen molar-refractivity contribution in [2.24, 2.45) is 5.84 Å². The number of hydrogen-bond acceptors (Lipinski definition) is 5. The maximum atomic E-state index is 11.2. The third-order valence-corrected chi connectivity index (χ3v) is 3.82. The van der Waals surface area contributed by atoms with Crippen molar-refractivity contribution in [3.8, 4) is 0 Å². The number of hydrogen-bond donors (Lipinski definition) is 2. The minimum atomic E-state index is -0.196. The minimum absolute atomic E-state index is 0.196. The molecule has 0 atom stereocenters. The molecule has 1 aromatic carbocycles. The SMILES string of the molecule is Cc1nc(SCc2ccc(CC(=O)NN)cc2)oc1C. The van der Waals surface area contributed by atoms with E-state index in [-0.39, 0.29) is 5.91 Å². The van der Waals surface area contributed by atoms with Gasteiger partial charge in [0.15, 0.2) is 0 Å². The second kappa shape index (κ2) is 6.58. The second-order valence-corrected chi connectivity index (χ2v) is 5.40. The highest BCUT2D eigenvalue weighted by Crippen LogP contribution is 2.24. The number of rotatable bonds is 5. The highest BCUT2D eigenvalue weighted by atomic mass is 32.2. The van der Waals surface area contributed by atoms with Gasteiger partial charge in [-0.1, -0.05) is 36.0 Å². The van der Waals surface area contributed by atoms with E-state index in [9.17, 15) is 4.79 Å². The number of aromatic nitrogens is 1. The Labute approximate surface area is 121 Å². The van der Waals surface area contributed by atoms with Gasteiger partial charge in [0.25, 0.3) is 5.22 Å². The Morgan fingerprint density at radius 2 is 1.95 bits per heavy atom. The standard InChI is InChI=1S/C14H17N3O2S/c1-9-10(2)19-14(16-9)20-8-12-5-3-11(4-6-12)7-13(18)17-15/h3-6H,7-8,15H2,1-2H3,(H,17,18). The number of nitrogens with one attached hydrogen (secondary N) is 1. The Hall–Kier alpha value is -1.79. The molecule has 0 radical (unpaired) electrons. The third kappa shape index (κ3) is 3.85. The molecule has 0 saturated heterocycles. The fourth-order valence-electron chi connectivity index (χ4n) is 1.64. The molecular weight excluding hydrogens is 274 g/mol. The topological polar surface area (TPSA) is 81.2 Å². The molecule has 106 valence electrons. The molecule has 2 rings (SSSR count). The average molecular weight is 291 g/mol. The number of thioether (sulfide) groups is 1. The lowest BCUT2D eigenvalue weighted by molar-refractivity contribution is -0.120. The number of hydrazine groups is 1. The molecule has 1 heterocycles. The van der Waals surface area contributed by atoms with Crippen molar-refractivity contribution in [2.75, 3.05) is 0 Å². The van der Waals surface area contributed by atoms with Crippen molar-refractivity contribution in [3.05, 3.63) is 46.8 Å². The van der Waals surface area contributed by atoms with Crippen LogP contribution in [0.2, 0.25) is 0 Å². The normalized spacial score (nSPS) is 10.6. The van der Waals surface area contributed by atoms with Gasteiger partial charge in [-0.15, -0.1) is 0 Å². The van der Waals surface area contributed by atoms with Crippen LogP contribution in [0.1, 0.15) is 22.6 Å². The van der Waals surface area contributed by atoms with E-state index in [0.717, 1.165) is 28.3 Å². The number of benzene rings is 1. The maximum absolute atomic E-state index is 11.2. The summed E-state index contributed by atoms with van der Waals surface area (Å²) in [6.07, 6.45) is 0.294. The van der Waals surface area contributed by atoms with Crippen molar-refractivity contribution in [1.29, 1.82) is 0 Å². The molecule has 0 aliphatic rings. The molecular formula is C14H17N3O2S. The summed E-state index contributed by atoms with van der Waals surface area (Å²) in [6, 6.07) is 7.85. The van der Waals surface area contributed by atoms with Gasteiger partial charge in [0.2, 0.25) is 5.91 Å². The molecule has 0 unspecified atom stereocenters. The Morgan fingerprint density at radius 3 is 2.50 bits per heavy atom. The molecule has 5 nitrogen and oxygen atoms in total. The second-order valence-electron chi connectivity index (χ2n) is 4.47. The third-order valence-electron chi connectivity index (χ3n) is 2.92. The number of oxazole rings is 1. The summed E-state index contributed by atoms with van der Waals surface area (Å²) in [5.74, 6) is 6.50. The summed E-state index contributed by atoms with van der Waals surface area (Å²) in [7, 11) is 0. The zero-order valence-electron chi connectivity index (χ0n) is 11.5. The van der Waals surface area contributed by atoms with Gasteiger partial charge < -0.3 is 4.42 Å². The lowest BCUT2D eigenvalue weighted by Crippen LogP contribution is -2.31. The van der Waals surface area contributed by atoms with Crippen LogP contribution in [0.25, 0.3) is 0 Å².